The Kier molecular flexibility index (Phi) is 8.55. The first-order chi connectivity index (χ1) is 18.4. The zero-order valence-corrected chi connectivity index (χ0v) is 21.2. The Labute approximate surface area is 220 Å². The lowest BCUT2D eigenvalue weighted by atomic mass is 10.1. The van der Waals surface area contributed by atoms with Crippen LogP contribution < -0.4 is 30.4 Å². The van der Waals surface area contributed by atoms with Crippen LogP contribution in [0.5, 0.6) is 17.4 Å². The number of ether oxygens (including phenoxy) is 3. The van der Waals surface area contributed by atoms with Gasteiger partial charge in [0.15, 0.2) is 5.82 Å². The molecule has 0 aliphatic carbocycles. The van der Waals surface area contributed by atoms with Crippen LogP contribution in [-0.4, -0.2) is 59.4 Å². The zero-order chi connectivity index (χ0) is 28.9. The molecule has 39 heavy (non-hydrogen) atoms. The Hall–Kier alpha value is -4.92. The number of aromatic carboxylic acids is 1. The molecule has 1 aromatic carbocycles. The third-order valence-electron chi connectivity index (χ3n) is 5.16. The number of aromatic nitrogens is 3. The number of nitrogens with one attached hydrogen (secondary N) is 1. The van der Waals surface area contributed by atoms with Crippen molar-refractivity contribution in [2.24, 2.45) is 10.8 Å². The van der Waals surface area contributed by atoms with Gasteiger partial charge in [-0.15, -0.1) is 0 Å². The van der Waals surface area contributed by atoms with Gasteiger partial charge in [0.25, 0.3) is 0 Å². The number of hydrogen-bond acceptors (Lipinski definition) is 10. The summed E-state index contributed by atoms with van der Waals surface area (Å²) < 4.78 is 54.6. The minimum Gasteiger partial charge on any atom is -0.497 e. The van der Waals surface area contributed by atoms with Gasteiger partial charge in [0, 0.05) is 47.4 Å². The summed E-state index contributed by atoms with van der Waals surface area (Å²) in [7, 11) is 4.20. The van der Waals surface area contributed by atoms with Gasteiger partial charge in [0.2, 0.25) is 11.8 Å². The number of benzene rings is 1. The van der Waals surface area contributed by atoms with Crippen LogP contribution in [0.3, 0.4) is 0 Å². The predicted molar refractivity (Wildman–Crippen MR) is 137 cm³/mol. The number of aliphatic imine (C=N–C) groups is 1. The molecule has 0 aliphatic heterocycles. The first-order valence-electron chi connectivity index (χ1n) is 10.9. The number of nitrogens with zero attached hydrogens (tertiary/aromatic N) is 5. The first kappa shape index (κ1) is 28.6. The Morgan fingerprint density at radius 2 is 1.72 bits per heavy atom. The number of anilines is 3. The van der Waals surface area contributed by atoms with Crippen molar-refractivity contribution in [1.82, 2.24) is 15.0 Å². The van der Waals surface area contributed by atoms with E-state index in [9.17, 15) is 23.1 Å². The van der Waals surface area contributed by atoms with E-state index in [0.29, 0.717) is 17.2 Å². The topological polar surface area (TPSA) is 157 Å². The average molecular weight is 547 g/mol. The largest absolute Gasteiger partial charge is 0.497 e. The molecule has 0 saturated heterocycles. The molecule has 0 aliphatic rings. The molecule has 0 atom stereocenters. The number of rotatable bonds is 9. The Balaban J connectivity index is 2.15. The summed E-state index contributed by atoms with van der Waals surface area (Å²) in [6, 6.07) is 6.15. The Morgan fingerprint density at radius 1 is 1.08 bits per heavy atom. The molecule has 15 heteroatoms. The van der Waals surface area contributed by atoms with E-state index in [-0.39, 0.29) is 40.2 Å². The van der Waals surface area contributed by atoms with Crippen molar-refractivity contribution < 1.29 is 37.3 Å². The average Bonchev–Trinajstić information content (AvgIpc) is 2.91. The van der Waals surface area contributed by atoms with Crippen LogP contribution in [0.25, 0.3) is 11.1 Å². The quantitative estimate of drug-likeness (QED) is 0.153. The smallest absolute Gasteiger partial charge is 0.432 e. The van der Waals surface area contributed by atoms with Gasteiger partial charge < -0.3 is 24.6 Å². The molecule has 0 unspecified atom stereocenters. The van der Waals surface area contributed by atoms with E-state index in [1.54, 1.807) is 18.2 Å². The molecule has 0 saturated carbocycles. The molecule has 12 nitrogen and oxygen atoms in total. The van der Waals surface area contributed by atoms with Crippen LogP contribution in [0.1, 0.15) is 17.3 Å². The van der Waals surface area contributed by atoms with Gasteiger partial charge in [-0.3, -0.25) is 0 Å². The number of hydrogen-bond donors (Lipinski definition) is 3. The summed E-state index contributed by atoms with van der Waals surface area (Å²) in [4.78, 5) is 27.8. The molecule has 0 fully saturated rings. The van der Waals surface area contributed by atoms with Crippen molar-refractivity contribution in [2.45, 2.75) is 13.1 Å². The maximum Gasteiger partial charge on any atom is 0.432 e. The van der Waals surface area contributed by atoms with Crippen LogP contribution in [0, 0.1) is 0 Å². The lowest BCUT2D eigenvalue weighted by molar-refractivity contribution is -0.0919. The number of carboxylic acid groups (broad SMARTS) is 1. The highest BCUT2D eigenvalue weighted by molar-refractivity contribution is 5.99. The van der Waals surface area contributed by atoms with E-state index in [2.05, 4.69) is 31.8 Å². The van der Waals surface area contributed by atoms with E-state index < -0.39 is 17.8 Å². The molecule has 0 bridgehead atoms. The van der Waals surface area contributed by atoms with Gasteiger partial charge >= 0.3 is 12.1 Å². The predicted octanol–water partition coefficient (Wildman–Crippen LogP) is 4.18. The fourth-order valence-corrected chi connectivity index (χ4v) is 3.21. The second-order valence-electron chi connectivity index (χ2n) is 7.72. The van der Waals surface area contributed by atoms with Gasteiger partial charge in [-0.1, -0.05) is 6.58 Å². The van der Waals surface area contributed by atoms with Gasteiger partial charge in [-0.05, 0) is 13.0 Å². The van der Waals surface area contributed by atoms with Gasteiger partial charge in [-0.2, -0.15) is 18.2 Å². The molecule has 0 radical (unpaired) electrons. The van der Waals surface area contributed by atoms with Crippen molar-refractivity contribution in [1.29, 1.82) is 0 Å². The fourth-order valence-electron chi connectivity index (χ4n) is 3.21. The normalized spacial score (nSPS) is 11.5. The number of halogens is 3. The Bertz CT molecular complexity index is 1410. The van der Waals surface area contributed by atoms with Crippen molar-refractivity contribution in [3.63, 3.8) is 0 Å². The van der Waals surface area contributed by atoms with Crippen LogP contribution in [0.15, 0.2) is 53.9 Å². The summed E-state index contributed by atoms with van der Waals surface area (Å²) in [5.41, 5.74) is -0.867. The SMILES string of the molecule is C=C(/N=C(/C)N(N)c1nc(Nc2cc(OC)cc(OC)c2)ncc1-c1cnc(OC)c(C(=O)O)c1)C(F)(F)F. The maximum atomic E-state index is 13.0. The second-order valence-corrected chi connectivity index (χ2v) is 7.72. The molecule has 2 aromatic heterocycles. The molecular formula is C24H24F3N7O5. The summed E-state index contributed by atoms with van der Waals surface area (Å²) in [6.07, 6.45) is -2.21. The minimum atomic E-state index is -4.79. The molecule has 3 rings (SSSR count). The van der Waals surface area contributed by atoms with Gasteiger partial charge in [0.05, 0.1) is 21.3 Å². The number of pyridine rings is 1. The number of hydrazine groups is 1. The first-order valence-corrected chi connectivity index (χ1v) is 10.9. The maximum absolute atomic E-state index is 13.0. The lowest BCUT2D eigenvalue weighted by Gasteiger charge is -2.21. The molecule has 4 N–H and O–H groups in total. The van der Waals surface area contributed by atoms with Crippen molar-refractivity contribution in [3.05, 3.63) is 54.5 Å². The molecule has 0 amide bonds. The highest BCUT2D eigenvalue weighted by Crippen LogP contribution is 2.33. The van der Waals surface area contributed by atoms with Crippen LogP contribution >= 0.6 is 0 Å². The monoisotopic (exact) mass is 547 g/mol. The zero-order valence-electron chi connectivity index (χ0n) is 21.2. The number of nitrogens with two attached hydrogens (primary N) is 1. The van der Waals surface area contributed by atoms with Crippen molar-refractivity contribution in [2.75, 3.05) is 31.7 Å². The molecular weight excluding hydrogens is 523 g/mol. The summed E-state index contributed by atoms with van der Waals surface area (Å²) >= 11 is 0. The Morgan fingerprint density at radius 3 is 2.26 bits per heavy atom. The minimum absolute atomic E-state index is 0.0121. The lowest BCUT2D eigenvalue weighted by Crippen LogP contribution is -2.37. The molecule has 206 valence electrons. The number of allylic oxidation sites excluding steroid dienone is 1. The van der Waals surface area contributed by atoms with Crippen LogP contribution in [0.4, 0.5) is 30.6 Å². The number of methoxy groups -OCH3 is 3. The highest BCUT2D eigenvalue weighted by Gasteiger charge is 2.32. The number of amidine groups is 1. The van der Waals surface area contributed by atoms with E-state index in [0.717, 1.165) is 5.01 Å². The summed E-state index contributed by atoms with van der Waals surface area (Å²) in [5, 5.41) is 13.3. The third kappa shape index (κ3) is 6.70. The number of carboxylic acids is 1. The standard InChI is InChI=1S/C24H24F3N7O5/c1-12(24(25,26)27)31-13(2)34(28)20-19(14-6-18(22(35)36)21(39-5)29-10-14)11-30-23(33-20)32-15-7-16(37-3)9-17(8-15)38-4/h6-11H,1,28H2,2-5H3,(H,35,36)(H,30,32,33)/b31-13-. The molecule has 0 spiro atoms. The van der Waals surface area contributed by atoms with Crippen molar-refractivity contribution >= 4 is 29.3 Å². The number of alkyl halides is 3. The van der Waals surface area contributed by atoms with E-state index in [1.807, 2.05) is 0 Å². The van der Waals surface area contributed by atoms with Crippen LogP contribution in [-0.2, 0) is 0 Å². The number of carbonyl (C=O) groups is 1. The van der Waals surface area contributed by atoms with Crippen LogP contribution in [0.2, 0.25) is 0 Å². The van der Waals surface area contributed by atoms with Gasteiger partial charge in [0.1, 0.15) is 28.6 Å². The van der Waals surface area contributed by atoms with Crippen molar-refractivity contribution in [3.8, 4) is 28.5 Å². The van der Waals surface area contributed by atoms with E-state index >= 15 is 0 Å². The van der Waals surface area contributed by atoms with E-state index in [1.165, 1.54) is 46.7 Å². The fraction of sp³-hybridized carbons (Fsp3) is 0.208. The summed E-state index contributed by atoms with van der Waals surface area (Å²) in [6.45, 7) is 4.15. The second kappa shape index (κ2) is 11.6. The van der Waals surface area contributed by atoms with Gasteiger partial charge in [-0.25, -0.2) is 30.6 Å². The third-order valence-corrected chi connectivity index (χ3v) is 5.16. The summed E-state index contributed by atoms with van der Waals surface area (Å²) in [5.74, 6) is 5.16. The molecule has 2 heterocycles. The highest BCUT2D eigenvalue weighted by atomic mass is 19.4. The molecule has 3 aromatic rings. The van der Waals surface area contributed by atoms with E-state index in [4.69, 9.17) is 20.1 Å².